The van der Waals surface area contributed by atoms with Gasteiger partial charge in [0.15, 0.2) is 0 Å². The van der Waals surface area contributed by atoms with Gasteiger partial charge in [-0.25, -0.2) is 4.98 Å². The van der Waals surface area contributed by atoms with Gasteiger partial charge in [0.05, 0.1) is 0 Å². The summed E-state index contributed by atoms with van der Waals surface area (Å²) in [5.41, 5.74) is 0.745. The maximum absolute atomic E-state index is 12.1. The van der Waals surface area contributed by atoms with Crippen molar-refractivity contribution in [1.82, 2.24) is 4.98 Å². The van der Waals surface area contributed by atoms with Gasteiger partial charge in [0, 0.05) is 18.2 Å². The molecular formula is C17H20N2O2. The molecule has 0 aromatic carbocycles. The van der Waals surface area contributed by atoms with E-state index in [2.05, 4.69) is 22.1 Å². The Labute approximate surface area is 125 Å². The minimum atomic E-state index is -0.172. The molecule has 4 heteroatoms. The summed E-state index contributed by atoms with van der Waals surface area (Å²) in [6.45, 7) is -0.172. The molecule has 0 radical (unpaired) electrons. The van der Waals surface area contributed by atoms with Gasteiger partial charge < -0.3 is 10.4 Å². The van der Waals surface area contributed by atoms with Gasteiger partial charge in [-0.15, -0.1) is 0 Å². The molecule has 2 aliphatic rings. The smallest absolute Gasteiger partial charge is 0.225 e. The molecule has 1 aromatic rings. The van der Waals surface area contributed by atoms with Crippen molar-refractivity contribution in [3.8, 4) is 11.8 Å². The summed E-state index contributed by atoms with van der Waals surface area (Å²) in [6, 6.07) is 3.50. The second-order valence-corrected chi connectivity index (χ2v) is 6.08. The number of nitrogens with zero attached hydrogens (tertiary/aromatic N) is 1. The maximum atomic E-state index is 12.1. The summed E-state index contributed by atoms with van der Waals surface area (Å²) in [7, 11) is 0. The van der Waals surface area contributed by atoms with Gasteiger partial charge in [-0.3, -0.25) is 4.79 Å². The van der Waals surface area contributed by atoms with Gasteiger partial charge in [-0.1, -0.05) is 18.3 Å². The lowest BCUT2D eigenvalue weighted by molar-refractivity contribution is -0.117. The fraction of sp³-hybridized carbons (Fsp3) is 0.529. The standard InChI is InChI=1S/C17H20N2O2/c20-7-1-2-12-5-6-18-16(10-12)19-17(21)11-15-9-13-3-4-14(15)8-13/h5-6,10,13-15,20H,3-4,7-9,11H2,(H,18,19,21). The first kappa shape index (κ1) is 14.1. The molecule has 2 saturated carbocycles. The molecule has 0 aliphatic heterocycles. The Kier molecular flexibility index (Phi) is 4.21. The molecule has 3 unspecified atom stereocenters. The van der Waals surface area contributed by atoms with Crippen molar-refractivity contribution in [3.05, 3.63) is 23.9 Å². The zero-order valence-corrected chi connectivity index (χ0v) is 12.0. The van der Waals surface area contributed by atoms with Crippen molar-refractivity contribution in [2.45, 2.75) is 32.1 Å². The number of pyridine rings is 1. The predicted molar refractivity (Wildman–Crippen MR) is 80.4 cm³/mol. The largest absolute Gasteiger partial charge is 0.384 e. The first-order chi connectivity index (χ1) is 10.2. The zero-order valence-electron chi connectivity index (χ0n) is 12.0. The first-order valence-electron chi connectivity index (χ1n) is 7.60. The summed E-state index contributed by atoms with van der Waals surface area (Å²) in [6.07, 6.45) is 7.42. The van der Waals surface area contributed by atoms with Crippen molar-refractivity contribution in [1.29, 1.82) is 0 Å². The second-order valence-electron chi connectivity index (χ2n) is 6.08. The Balaban J connectivity index is 1.57. The second kappa shape index (κ2) is 6.28. The van der Waals surface area contributed by atoms with Crippen LogP contribution in [0.2, 0.25) is 0 Å². The van der Waals surface area contributed by atoms with Crippen LogP contribution in [0.5, 0.6) is 0 Å². The lowest BCUT2D eigenvalue weighted by Gasteiger charge is -2.20. The molecule has 2 N–H and O–H groups in total. The van der Waals surface area contributed by atoms with Crippen molar-refractivity contribution < 1.29 is 9.90 Å². The average molecular weight is 284 g/mol. The van der Waals surface area contributed by atoms with Crippen LogP contribution in [0.25, 0.3) is 0 Å². The van der Waals surface area contributed by atoms with Crippen LogP contribution < -0.4 is 5.32 Å². The Morgan fingerprint density at radius 2 is 2.33 bits per heavy atom. The molecule has 0 saturated heterocycles. The van der Waals surface area contributed by atoms with Crippen molar-refractivity contribution >= 4 is 11.7 Å². The molecule has 21 heavy (non-hydrogen) atoms. The number of aliphatic hydroxyl groups excluding tert-OH is 1. The molecule has 1 aromatic heterocycles. The molecule has 2 fully saturated rings. The van der Waals surface area contributed by atoms with E-state index in [1.165, 1.54) is 25.7 Å². The summed E-state index contributed by atoms with van der Waals surface area (Å²) >= 11 is 0. The number of carbonyl (C=O) groups excluding carboxylic acids is 1. The van der Waals surface area contributed by atoms with E-state index in [1.807, 2.05) is 0 Å². The average Bonchev–Trinajstić information content (AvgIpc) is 3.08. The molecular weight excluding hydrogens is 264 g/mol. The molecule has 1 amide bonds. The number of aromatic nitrogens is 1. The number of amides is 1. The summed E-state index contributed by atoms with van der Waals surface area (Å²) in [5.74, 6) is 8.16. The van der Waals surface area contributed by atoms with Gasteiger partial charge in [0.1, 0.15) is 12.4 Å². The van der Waals surface area contributed by atoms with Crippen LogP contribution in [-0.2, 0) is 4.79 Å². The molecule has 110 valence electrons. The topological polar surface area (TPSA) is 62.2 Å². The summed E-state index contributed by atoms with van der Waals surface area (Å²) in [4.78, 5) is 16.3. The van der Waals surface area contributed by atoms with E-state index in [0.717, 1.165) is 17.4 Å². The van der Waals surface area contributed by atoms with Crippen molar-refractivity contribution in [2.24, 2.45) is 17.8 Å². The highest BCUT2D eigenvalue weighted by molar-refractivity contribution is 5.90. The third-order valence-electron chi connectivity index (χ3n) is 4.67. The number of hydrogen-bond donors (Lipinski definition) is 2. The molecule has 4 nitrogen and oxygen atoms in total. The van der Waals surface area contributed by atoms with E-state index in [9.17, 15) is 4.79 Å². The van der Waals surface area contributed by atoms with Crippen LogP contribution in [-0.4, -0.2) is 22.6 Å². The Morgan fingerprint density at radius 1 is 1.43 bits per heavy atom. The lowest BCUT2D eigenvalue weighted by atomic mass is 9.86. The number of nitrogens with one attached hydrogen (secondary N) is 1. The minimum absolute atomic E-state index is 0.0484. The van der Waals surface area contributed by atoms with Crippen LogP contribution in [0.4, 0.5) is 5.82 Å². The predicted octanol–water partition coefficient (Wildman–Crippen LogP) is 2.19. The maximum Gasteiger partial charge on any atom is 0.225 e. The van der Waals surface area contributed by atoms with Gasteiger partial charge in [0.25, 0.3) is 0 Å². The fourth-order valence-corrected chi connectivity index (χ4v) is 3.78. The zero-order chi connectivity index (χ0) is 14.7. The SMILES string of the molecule is O=C(CC1CC2CCC1C2)Nc1cc(C#CCO)ccn1. The van der Waals surface area contributed by atoms with E-state index in [0.29, 0.717) is 18.2 Å². The fourth-order valence-electron chi connectivity index (χ4n) is 3.78. The van der Waals surface area contributed by atoms with Crippen LogP contribution in [0, 0.1) is 29.6 Å². The number of fused-ring (bicyclic) bond motifs is 2. The van der Waals surface area contributed by atoms with E-state index in [1.54, 1.807) is 18.3 Å². The van der Waals surface area contributed by atoms with Crippen molar-refractivity contribution in [2.75, 3.05) is 11.9 Å². The molecule has 3 rings (SSSR count). The molecule has 2 bridgehead atoms. The monoisotopic (exact) mass is 284 g/mol. The highest BCUT2D eigenvalue weighted by Gasteiger charge is 2.40. The van der Waals surface area contributed by atoms with Gasteiger partial charge in [0.2, 0.25) is 5.91 Å². The first-order valence-corrected chi connectivity index (χ1v) is 7.60. The van der Waals surface area contributed by atoms with Gasteiger partial charge in [-0.05, 0) is 49.1 Å². The number of rotatable bonds is 3. The Morgan fingerprint density at radius 3 is 3.05 bits per heavy atom. The van der Waals surface area contributed by atoms with Crippen LogP contribution >= 0.6 is 0 Å². The quantitative estimate of drug-likeness (QED) is 0.836. The third kappa shape index (κ3) is 3.43. The van der Waals surface area contributed by atoms with Crippen molar-refractivity contribution in [3.63, 3.8) is 0 Å². The van der Waals surface area contributed by atoms with Gasteiger partial charge in [-0.2, -0.15) is 0 Å². The third-order valence-corrected chi connectivity index (χ3v) is 4.67. The minimum Gasteiger partial charge on any atom is -0.384 e. The van der Waals surface area contributed by atoms with E-state index in [4.69, 9.17) is 5.11 Å². The van der Waals surface area contributed by atoms with E-state index < -0.39 is 0 Å². The molecule has 3 atom stereocenters. The van der Waals surface area contributed by atoms with Crippen LogP contribution in [0.15, 0.2) is 18.3 Å². The number of aliphatic hydroxyl groups is 1. The molecule has 2 aliphatic carbocycles. The van der Waals surface area contributed by atoms with E-state index >= 15 is 0 Å². The van der Waals surface area contributed by atoms with Crippen LogP contribution in [0.1, 0.15) is 37.7 Å². The lowest BCUT2D eigenvalue weighted by Crippen LogP contribution is -2.20. The molecule has 1 heterocycles. The number of hydrogen-bond acceptors (Lipinski definition) is 3. The van der Waals surface area contributed by atoms with Crippen LogP contribution in [0.3, 0.4) is 0 Å². The summed E-state index contributed by atoms with van der Waals surface area (Å²) in [5, 5.41) is 11.6. The number of carbonyl (C=O) groups is 1. The van der Waals surface area contributed by atoms with E-state index in [-0.39, 0.29) is 12.5 Å². The Hall–Kier alpha value is -1.86. The molecule has 0 spiro atoms. The summed E-state index contributed by atoms with van der Waals surface area (Å²) < 4.78 is 0. The highest BCUT2D eigenvalue weighted by atomic mass is 16.2. The highest BCUT2D eigenvalue weighted by Crippen LogP contribution is 2.49. The normalized spacial score (nSPS) is 26.2. The van der Waals surface area contributed by atoms with Gasteiger partial charge >= 0.3 is 0 Å². The number of anilines is 1. The Bertz CT molecular complexity index is 588.